The fourth-order valence-electron chi connectivity index (χ4n) is 1.70. The molecule has 116 valence electrons. The Morgan fingerprint density at radius 2 is 1.95 bits per heavy atom. The van der Waals surface area contributed by atoms with Gasteiger partial charge in [-0.3, -0.25) is 4.68 Å². The molecule has 0 saturated heterocycles. The molecule has 1 atom stereocenters. The van der Waals surface area contributed by atoms with Crippen molar-refractivity contribution in [1.82, 2.24) is 9.78 Å². The molecule has 0 bridgehead atoms. The molecular weight excluding hydrogens is 299 g/mol. The Hall–Kier alpha value is -2.53. The van der Waals surface area contributed by atoms with Gasteiger partial charge in [-0.1, -0.05) is 0 Å². The minimum absolute atomic E-state index is 0.104. The number of hydrogen-bond donors (Lipinski definition) is 1. The molecule has 0 aliphatic carbocycles. The van der Waals surface area contributed by atoms with Crippen LogP contribution in [0, 0.1) is 11.3 Å². The average Bonchev–Trinajstić information content (AvgIpc) is 2.94. The fraction of sp³-hybridized carbons (Fsp3) is 0.286. The molecule has 2 aromatic rings. The van der Waals surface area contributed by atoms with Gasteiger partial charge in [-0.2, -0.15) is 23.5 Å². The van der Waals surface area contributed by atoms with Crippen molar-refractivity contribution in [1.29, 1.82) is 5.26 Å². The Balaban J connectivity index is 1.86. The molecule has 1 aromatic heterocycles. The lowest BCUT2D eigenvalue weighted by Gasteiger charge is -2.12. The first-order chi connectivity index (χ1) is 10.4. The van der Waals surface area contributed by atoms with Crippen molar-refractivity contribution in [3.8, 4) is 11.8 Å². The zero-order valence-electron chi connectivity index (χ0n) is 11.3. The Labute approximate surface area is 124 Å². The first-order valence-electron chi connectivity index (χ1n) is 6.30. The Bertz CT molecular complexity index is 659. The van der Waals surface area contributed by atoms with Gasteiger partial charge in [0.15, 0.2) is 5.69 Å². The van der Waals surface area contributed by atoms with Crippen molar-refractivity contribution in [3.63, 3.8) is 0 Å². The smallest absolute Gasteiger partial charge is 0.435 e. The van der Waals surface area contributed by atoms with E-state index < -0.39 is 18.0 Å². The number of aromatic nitrogens is 2. The number of ether oxygens (including phenoxy) is 1. The van der Waals surface area contributed by atoms with E-state index in [1.807, 2.05) is 6.07 Å². The molecule has 0 spiro atoms. The molecule has 1 aromatic carbocycles. The van der Waals surface area contributed by atoms with Crippen molar-refractivity contribution in [2.75, 3.05) is 6.61 Å². The third-order valence-corrected chi connectivity index (χ3v) is 2.75. The lowest BCUT2D eigenvalue weighted by atomic mass is 10.2. The summed E-state index contributed by atoms with van der Waals surface area (Å²) in [7, 11) is 0. The van der Waals surface area contributed by atoms with Gasteiger partial charge >= 0.3 is 6.18 Å². The minimum Gasteiger partial charge on any atom is -0.491 e. The number of benzene rings is 1. The molecule has 0 unspecified atom stereocenters. The Morgan fingerprint density at radius 3 is 2.50 bits per heavy atom. The number of nitriles is 1. The Morgan fingerprint density at radius 1 is 1.27 bits per heavy atom. The topological polar surface area (TPSA) is 71.1 Å². The van der Waals surface area contributed by atoms with Crippen LogP contribution in [0.15, 0.2) is 36.5 Å². The van der Waals surface area contributed by atoms with Crippen molar-refractivity contribution in [2.45, 2.75) is 18.8 Å². The summed E-state index contributed by atoms with van der Waals surface area (Å²) in [6.07, 6.45) is -4.38. The van der Waals surface area contributed by atoms with Crippen molar-refractivity contribution >= 4 is 0 Å². The Kier molecular flexibility index (Phi) is 4.68. The van der Waals surface area contributed by atoms with Crippen molar-refractivity contribution in [3.05, 3.63) is 47.8 Å². The summed E-state index contributed by atoms with van der Waals surface area (Å²) in [6.45, 7) is -0.223. The lowest BCUT2D eigenvalue weighted by molar-refractivity contribution is -0.141. The van der Waals surface area contributed by atoms with Crippen LogP contribution < -0.4 is 4.74 Å². The summed E-state index contributed by atoms with van der Waals surface area (Å²) in [5.41, 5.74) is -0.531. The first-order valence-corrected chi connectivity index (χ1v) is 6.30. The van der Waals surface area contributed by atoms with E-state index in [9.17, 15) is 18.3 Å². The highest BCUT2D eigenvalue weighted by molar-refractivity contribution is 5.34. The largest absolute Gasteiger partial charge is 0.491 e. The van der Waals surface area contributed by atoms with E-state index in [0.717, 1.165) is 16.9 Å². The zero-order valence-corrected chi connectivity index (χ0v) is 11.3. The van der Waals surface area contributed by atoms with Gasteiger partial charge in [0.1, 0.15) is 18.5 Å². The van der Waals surface area contributed by atoms with E-state index in [0.29, 0.717) is 11.3 Å². The van der Waals surface area contributed by atoms with E-state index in [4.69, 9.17) is 10.00 Å². The molecule has 1 N–H and O–H groups in total. The van der Waals surface area contributed by atoms with Gasteiger partial charge < -0.3 is 9.84 Å². The predicted molar refractivity (Wildman–Crippen MR) is 69.9 cm³/mol. The molecule has 22 heavy (non-hydrogen) atoms. The van der Waals surface area contributed by atoms with Crippen LogP contribution in [0.4, 0.5) is 13.2 Å². The minimum atomic E-state index is -4.50. The van der Waals surface area contributed by atoms with Crippen LogP contribution in [-0.4, -0.2) is 27.6 Å². The molecule has 0 aliphatic heterocycles. The summed E-state index contributed by atoms with van der Waals surface area (Å²) in [6, 6.07) is 9.06. The SMILES string of the molecule is N#Cc1ccc(OC[C@H](O)Cn2ccc(C(F)(F)F)n2)cc1. The molecule has 0 amide bonds. The van der Waals surface area contributed by atoms with E-state index >= 15 is 0 Å². The van der Waals surface area contributed by atoms with E-state index in [1.54, 1.807) is 24.3 Å². The third-order valence-electron chi connectivity index (χ3n) is 2.75. The number of aliphatic hydroxyl groups excluding tert-OH is 1. The zero-order chi connectivity index (χ0) is 16.2. The van der Waals surface area contributed by atoms with Crippen LogP contribution in [-0.2, 0) is 12.7 Å². The second-order valence-electron chi connectivity index (χ2n) is 4.52. The summed E-state index contributed by atoms with van der Waals surface area (Å²) in [4.78, 5) is 0. The number of hydrogen-bond acceptors (Lipinski definition) is 4. The molecule has 0 fully saturated rings. The fourth-order valence-corrected chi connectivity index (χ4v) is 1.70. The maximum atomic E-state index is 12.4. The van der Waals surface area contributed by atoms with Gasteiger partial charge in [-0.15, -0.1) is 0 Å². The molecule has 5 nitrogen and oxygen atoms in total. The number of halogens is 3. The second kappa shape index (κ2) is 6.49. The second-order valence-corrected chi connectivity index (χ2v) is 4.52. The summed E-state index contributed by atoms with van der Waals surface area (Å²) < 4.78 is 43.5. The molecule has 0 saturated carbocycles. The van der Waals surface area contributed by atoms with Crippen LogP contribution >= 0.6 is 0 Å². The maximum absolute atomic E-state index is 12.4. The maximum Gasteiger partial charge on any atom is 0.435 e. The van der Waals surface area contributed by atoms with Gasteiger partial charge in [-0.25, -0.2) is 0 Å². The van der Waals surface area contributed by atoms with Crippen LogP contribution in [0.2, 0.25) is 0 Å². The number of nitrogens with zero attached hydrogens (tertiary/aromatic N) is 3. The van der Waals surface area contributed by atoms with Gasteiger partial charge in [-0.05, 0) is 30.3 Å². The summed E-state index contributed by atoms with van der Waals surface area (Å²) in [5.74, 6) is 0.453. The van der Waals surface area contributed by atoms with E-state index in [2.05, 4.69) is 5.10 Å². The molecule has 1 heterocycles. The molecule has 0 radical (unpaired) electrons. The van der Waals surface area contributed by atoms with Gasteiger partial charge in [0, 0.05) is 6.20 Å². The number of rotatable bonds is 5. The van der Waals surface area contributed by atoms with Gasteiger partial charge in [0.05, 0.1) is 18.2 Å². The monoisotopic (exact) mass is 311 g/mol. The van der Waals surface area contributed by atoms with Crippen LogP contribution in [0.5, 0.6) is 5.75 Å². The summed E-state index contributed by atoms with van der Waals surface area (Å²) in [5, 5.41) is 21.7. The first kappa shape index (κ1) is 15.9. The standard InChI is InChI=1S/C14H12F3N3O2/c15-14(16,17)13-5-6-20(19-13)8-11(21)9-22-12-3-1-10(7-18)2-4-12/h1-6,11,21H,8-9H2/t11-/m1/s1. The van der Waals surface area contributed by atoms with Crippen LogP contribution in [0.1, 0.15) is 11.3 Å². The van der Waals surface area contributed by atoms with Crippen molar-refractivity contribution < 1.29 is 23.0 Å². The van der Waals surface area contributed by atoms with E-state index in [1.165, 1.54) is 0 Å². The predicted octanol–water partition coefficient (Wildman–Crippen LogP) is 2.21. The third kappa shape index (κ3) is 4.23. The molecule has 8 heteroatoms. The van der Waals surface area contributed by atoms with Gasteiger partial charge in [0.25, 0.3) is 0 Å². The normalized spacial score (nSPS) is 12.7. The number of aliphatic hydroxyl groups is 1. The quantitative estimate of drug-likeness (QED) is 0.919. The molecule has 0 aliphatic rings. The van der Waals surface area contributed by atoms with Crippen LogP contribution in [0.3, 0.4) is 0 Å². The highest BCUT2D eigenvalue weighted by Gasteiger charge is 2.33. The summed E-state index contributed by atoms with van der Waals surface area (Å²) >= 11 is 0. The van der Waals surface area contributed by atoms with E-state index in [-0.39, 0.29) is 13.2 Å². The molecule has 2 rings (SSSR count). The van der Waals surface area contributed by atoms with Crippen LogP contribution in [0.25, 0.3) is 0 Å². The van der Waals surface area contributed by atoms with Crippen molar-refractivity contribution in [2.24, 2.45) is 0 Å². The lowest BCUT2D eigenvalue weighted by Crippen LogP contribution is -2.24. The number of alkyl halides is 3. The highest BCUT2D eigenvalue weighted by atomic mass is 19.4. The van der Waals surface area contributed by atoms with Gasteiger partial charge in [0.2, 0.25) is 0 Å². The average molecular weight is 311 g/mol. The highest BCUT2D eigenvalue weighted by Crippen LogP contribution is 2.27. The molecular formula is C14H12F3N3O2.